The van der Waals surface area contributed by atoms with E-state index in [1.165, 1.54) is 0 Å². The minimum atomic E-state index is 0.0427. The molecule has 4 heteroatoms. The Hall–Kier alpha value is 0.200. The molecule has 0 spiro atoms. The first-order valence-corrected chi connectivity index (χ1v) is 6.23. The Labute approximate surface area is 107 Å². The number of hydrogen-bond acceptors (Lipinski definition) is 1. The summed E-state index contributed by atoms with van der Waals surface area (Å²) >= 11 is 13.4. The summed E-state index contributed by atoms with van der Waals surface area (Å²) in [6.45, 7) is 0. The first-order chi connectivity index (χ1) is 6.67. The van der Waals surface area contributed by atoms with Gasteiger partial charge in [0.15, 0.2) is 5.78 Å². The van der Waals surface area contributed by atoms with E-state index in [-0.39, 0.29) is 11.7 Å². The Kier molecular flexibility index (Phi) is 5.20. The molecule has 0 aromatic heterocycles. The van der Waals surface area contributed by atoms with Gasteiger partial charge in [-0.05, 0) is 39.8 Å². The van der Waals surface area contributed by atoms with Crippen LogP contribution in [0, 0.1) is 3.57 Å². The number of rotatable bonds is 4. The fourth-order valence-corrected chi connectivity index (χ4v) is 2.41. The average molecular weight is 343 g/mol. The van der Waals surface area contributed by atoms with Gasteiger partial charge in [-0.25, -0.2) is 0 Å². The highest BCUT2D eigenvalue weighted by Crippen LogP contribution is 2.17. The second kappa shape index (κ2) is 5.93. The molecule has 0 aliphatic heterocycles. The Morgan fingerprint density at radius 2 is 2.07 bits per heavy atom. The SMILES string of the molecule is O=C(CCl)Cc1ccc(CCl)c(I)c1. The molecular weight excluding hydrogens is 334 g/mol. The number of halogens is 3. The maximum absolute atomic E-state index is 11.1. The van der Waals surface area contributed by atoms with Crippen molar-refractivity contribution in [1.82, 2.24) is 0 Å². The number of ketones is 1. The topological polar surface area (TPSA) is 17.1 Å². The molecule has 14 heavy (non-hydrogen) atoms. The van der Waals surface area contributed by atoms with Crippen molar-refractivity contribution in [3.8, 4) is 0 Å². The summed E-state index contributed by atoms with van der Waals surface area (Å²) in [4.78, 5) is 11.1. The van der Waals surface area contributed by atoms with Crippen molar-refractivity contribution < 1.29 is 4.79 Å². The summed E-state index contributed by atoms with van der Waals surface area (Å²) in [5.74, 6) is 0.622. The number of carbonyl (C=O) groups excluding carboxylic acids is 1. The van der Waals surface area contributed by atoms with Crippen LogP contribution in [0.4, 0.5) is 0 Å². The van der Waals surface area contributed by atoms with Gasteiger partial charge in [-0.3, -0.25) is 4.79 Å². The van der Waals surface area contributed by atoms with Crippen molar-refractivity contribution in [3.63, 3.8) is 0 Å². The van der Waals surface area contributed by atoms with Crippen LogP contribution >= 0.6 is 45.8 Å². The van der Waals surface area contributed by atoms with Crippen LogP contribution in [0.15, 0.2) is 18.2 Å². The van der Waals surface area contributed by atoms with Crippen LogP contribution in [0.2, 0.25) is 0 Å². The van der Waals surface area contributed by atoms with Gasteiger partial charge < -0.3 is 0 Å². The predicted octanol–water partition coefficient (Wildman–Crippen LogP) is 3.38. The zero-order valence-corrected chi connectivity index (χ0v) is 11.1. The molecule has 0 unspecified atom stereocenters. The van der Waals surface area contributed by atoms with E-state index in [0.29, 0.717) is 12.3 Å². The highest BCUT2D eigenvalue weighted by Gasteiger charge is 2.04. The van der Waals surface area contributed by atoms with Crippen LogP contribution in [0.3, 0.4) is 0 Å². The van der Waals surface area contributed by atoms with Gasteiger partial charge in [-0.2, -0.15) is 0 Å². The lowest BCUT2D eigenvalue weighted by atomic mass is 10.1. The van der Waals surface area contributed by atoms with Gasteiger partial charge in [0.05, 0.1) is 5.88 Å². The zero-order valence-electron chi connectivity index (χ0n) is 7.40. The molecule has 0 amide bonds. The number of Topliss-reactive ketones (excluding diaryl/α,β-unsaturated/α-hetero) is 1. The van der Waals surface area contributed by atoms with Gasteiger partial charge >= 0.3 is 0 Å². The van der Waals surface area contributed by atoms with Crippen LogP contribution in [0.5, 0.6) is 0 Å². The molecule has 0 bridgehead atoms. The quantitative estimate of drug-likeness (QED) is 0.605. The molecule has 0 aliphatic carbocycles. The molecule has 0 atom stereocenters. The van der Waals surface area contributed by atoms with Crippen molar-refractivity contribution in [2.45, 2.75) is 12.3 Å². The number of carbonyl (C=O) groups is 1. The van der Waals surface area contributed by atoms with E-state index in [1.54, 1.807) is 0 Å². The highest BCUT2D eigenvalue weighted by atomic mass is 127. The lowest BCUT2D eigenvalue weighted by Gasteiger charge is -2.03. The smallest absolute Gasteiger partial charge is 0.151 e. The maximum Gasteiger partial charge on any atom is 0.151 e. The molecule has 1 nitrogen and oxygen atoms in total. The normalized spacial score (nSPS) is 10.2. The van der Waals surface area contributed by atoms with Gasteiger partial charge in [-0.1, -0.05) is 12.1 Å². The fraction of sp³-hybridized carbons (Fsp3) is 0.300. The highest BCUT2D eigenvalue weighted by molar-refractivity contribution is 14.1. The molecule has 0 heterocycles. The Morgan fingerprint density at radius 1 is 1.36 bits per heavy atom. The van der Waals surface area contributed by atoms with Gasteiger partial charge in [0.25, 0.3) is 0 Å². The number of benzene rings is 1. The molecule has 0 aliphatic rings. The molecule has 1 aromatic rings. The summed E-state index contributed by atoms with van der Waals surface area (Å²) in [5.41, 5.74) is 2.09. The predicted molar refractivity (Wildman–Crippen MR) is 68.1 cm³/mol. The molecule has 0 saturated carbocycles. The second-order valence-electron chi connectivity index (χ2n) is 2.91. The molecule has 0 saturated heterocycles. The van der Waals surface area contributed by atoms with E-state index in [9.17, 15) is 4.79 Å². The maximum atomic E-state index is 11.1. The third-order valence-electron chi connectivity index (χ3n) is 1.81. The number of alkyl halides is 2. The summed E-state index contributed by atoms with van der Waals surface area (Å²) in [6.07, 6.45) is 0.405. The van der Waals surface area contributed by atoms with Gasteiger partial charge in [0.2, 0.25) is 0 Å². The third-order valence-corrected chi connectivity index (χ3v) is 3.40. The third kappa shape index (κ3) is 3.41. The van der Waals surface area contributed by atoms with Crippen molar-refractivity contribution >= 4 is 51.6 Å². The zero-order chi connectivity index (χ0) is 10.6. The Morgan fingerprint density at radius 3 is 2.57 bits per heavy atom. The minimum Gasteiger partial charge on any atom is -0.298 e. The van der Waals surface area contributed by atoms with E-state index in [4.69, 9.17) is 23.2 Å². The van der Waals surface area contributed by atoms with E-state index < -0.39 is 0 Å². The fourth-order valence-electron chi connectivity index (χ4n) is 1.08. The molecule has 0 radical (unpaired) electrons. The second-order valence-corrected chi connectivity index (χ2v) is 4.61. The van der Waals surface area contributed by atoms with E-state index in [0.717, 1.165) is 14.7 Å². The van der Waals surface area contributed by atoms with E-state index >= 15 is 0 Å². The largest absolute Gasteiger partial charge is 0.298 e. The van der Waals surface area contributed by atoms with Gasteiger partial charge in [-0.15, -0.1) is 23.2 Å². The van der Waals surface area contributed by atoms with E-state index in [2.05, 4.69) is 22.6 Å². The first-order valence-electron chi connectivity index (χ1n) is 4.08. The Balaban J connectivity index is 2.81. The van der Waals surface area contributed by atoms with Crippen LogP contribution in [0.25, 0.3) is 0 Å². The van der Waals surface area contributed by atoms with Gasteiger partial charge in [0.1, 0.15) is 0 Å². The summed E-state index contributed by atoms with van der Waals surface area (Å²) in [5, 5.41) is 0. The summed E-state index contributed by atoms with van der Waals surface area (Å²) in [7, 11) is 0. The van der Waals surface area contributed by atoms with Crippen molar-refractivity contribution in [1.29, 1.82) is 0 Å². The lowest BCUT2D eigenvalue weighted by molar-refractivity contribution is -0.116. The van der Waals surface area contributed by atoms with Crippen LogP contribution in [-0.2, 0) is 17.1 Å². The average Bonchev–Trinajstić information content (AvgIpc) is 2.18. The van der Waals surface area contributed by atoms with Gasteiger partial charge in [0, 0.05) is 15.9 Å². The molecular formula is C10H9Cl2IO. The van der Waals surface area contributed by atoms with Crippen molar-refractivity contribution in [3.05, 3.63) is 32.9 Å². The first kappa shape index (κ1) is 12.3. The standard InChI is InChI=1S/C10H9Cl2IO/c11-5-8-2-1-7(4-10(8)13)3-9(14)6-12/h1-2,4H,3,5-6H2. The number of hydrogen-bond donors (Lipinski definition) is 0. The van der Waals surface area contributed by atoms with Crippen molar-refractivity contribution in [2.24, 2.45) is 0 Å². The van der Waals surface area contributed by atoms with Crippen LogP contribution in [0.1, 0.15) is 11.1 Å². The van der Waals surface area contributed by atoms with Crippen molar-refractivity contribution in [2.75, 3.05) is 5.88 Å². The summed E-state index contributed by atoms with van der Waals surface area (Å²) in [6, 6.07) is 5.85. The monoisotopic (exact) mass is 342 g/mol. The molecule has 0 fully saturated rings. The van der Waals surface area contributed by atoms with Crippen LogP contribution < -0.4 is 0 Å². The Bertz CT molecular complexity index is 339. The van der Waals surface area contributed by atoms with E-state index in [1.807, 2.05) is 18.2 Å². The van der Waals surface area contributed by atoms with Crippen LogP contribution in [-0.4, -0.2) is 11.7 Å². The molecule has 1 rings (SSSR count). The molecule has 0 N–H and O–H groups in total. The molecule has 1 aromatic carbocycles. The lowest BCUT2D eigenvalue weighted by Crippen LogP contribution is -2.04. The minimum absolute atomic E-state index is 0.0427. The summed E-state index contributed by atoms with van der Waals surface area (Å²) < 4.78 is 1.09. The molecule has 76 valence electrons.